The average Bonchev–Trinajstić information content (AvgIpc) is 2.85. The summed E-state index contributed by atoms with van der Waals surface area (Å²) >= 11 is 7.87. The SMILES string of the molecule is C[C@H]1N(c2ccccc2)C2=[N+](CCCS2)[C@]1(O)c1ccc(Cl)cc1. The number of benzene rings is 2. The van der Waals surface area contributed by atoms with E-state index in [0.29, 0.717) is 5.02 Å². The maximum Gasteiger partial charge on any atom is 0.316 e. The zero-order valence-electron chi connectivity index (χ0n) is 13.5. The Kier molecular flexibility index (Phi) is 4.07. The molecule has 2 aliphatic rings. The molecule has 1 N–H and O–H groups in total. The van der Waals surface area contributed by atoms with Crippen LogP contribution in [0.2, 0.25) is 5.02 Å². The number of rotatable bonds is 2. The Labute approximate surface area is 151 Å². The van der Waals surface area contributed by atoms with Gasteiger partial charge in [0.25, 0.3) is 5.72 Å². The number of halogens is 1. The number of amidine groups is 1. The topological polar surface area (TPSA) is 26.5 Å². The van der Waals surface area contributed by atoms with Crippen molar-refractivity contribution in [2.24, 2.45) is 0 Å². The van der Waals surface area contributed by atoms with E-state index < -0.39 is 5.72 Å². The van der Waals surface area contributed by atoms with Crippen LogP contribution in [0.15, 0.2) is 54.6 Å². The molecule has 24 heavy (non-hydrogen) atoms. The summed E-state index contributed by atoms with van der Waals surface area (Å²) < 4.78 is 2.15. The highest BCUT2D eigenvalue weighted by molar-refractivity contribution is 8.14. The first-order valence-corrected chi connectivity index (χ1v) is 9.59. The summed E-state index contributed by atoms with van der Waals surface area (Å²) in [6.45, 7) is 2.95. The lowest BCUT2D eigenvalue weighted by Gasteiger charge is -2.28. The van der Waals surface area contributed by atoms with Crippen LogP contribution in [-0.4, -0.2) is 33.2 Å². The predicted octanol–water partition coefficient (Wildman–Crippen LogP) is 3.90. The van der Waals surface area contributed by atoms with E-state index in [1.165, 1.54) is 0 Å². The summed E-state index contributed by atoms with van der Waals surface area (Å²) in [6, 6.07) is 17.8. The number of anilines is 1. The van der Waals surface area contributed by atoms with Crippen LogP contribution in [0, 0.1) is 0 Å². The zero-order valence-corrected chi connectivity index (χ0v) is 15.1. The Balaban J connectivity index is 1.86. The number of para-hydroxylation sites is 1. The molecule has 0 unspecified atom stereocenters. The van der Waals surface area contributed by atoms with Gasteiger partial charge in [0.05, 0.1) is 6.54 Å². The molecule has 4 rings (SSSR count). The fourth-order valence-electron chi connectivity index (χ4n) is 3.66. The predicted molar refractivity (Wildman–Crippen MR) is 101 cm³/mol. The third kappa shape index (κ3) is 2.36. The molecule has 2 aliphatic heterocycles. The normalized spacial score (nSPS) is 26.6. The Hall–Kier alpha value is -1.49. The minimum atomic E-state index is -1.05. The lowest BCUT2D eigenvalue weighted by Crippen LogP contribution is -2.47. The van der Waals surface area contributed by atoms with Gasteiger partial charge in [0.1, 0.15) is 5.69 Å². The lowest BCUT2D eigenvalue weighted by molar-refractivity contribution is -0.662. The molecule has 0 spiro atoms. The molecule has 3 nitrogen and oxygen atoms in total. The van der Waals surface area contributed by atoms with Crippen molar-refractivity contribution in [3.8, 4) is 0 Å². The molecule has 2 aromatic carbocycles. The van der Waals surface area contributed by atoms with E-state index in [0.717, 1.165) is 35.1 Å². The van der Waals surface area contributed by atoms with Crippen LogP contribution >= 0.6 is 23.4 Å². The van der Waals surface area contributed by atoms with E-state index in [-0.39, 0.29) is 6.04 Å². The number of nitrogens with zero attached hydrogens (tertiary/aromatic N) is 2. The van der Waals surface area contributed by atoms with Gasteiger partial charge in [-0.05, 0) is 49.4 Å². The average molecular weight is 360 g/mol. The lowest BCUT2D eigenvalue weighted by atomic mass is 9.95. The fraction of sp³-hybridized carbons (Fsp3) is 0.316. The molecule has 2 aromatic rings. The van der Waals surface area contributed by atoms with Crippen molar-refractivity contribution in [3.63, 3.8) is 0 Å². The van der Waals surface area contributed by atoms with Crippen molar-refractivity contribution in [3.05, 3.63) is 65.2 Å². The maximum absolute atomic E-state index is 11.8. The number of thioether (sulfide) groups is 1. The smallest absolute Gasteiger partial charge is 0.316 e. The van der Waals surface area contributed by atoms with Crippen LogP contribution in [0.1, 0.15) is 18.9 Å². The van der Waals surface area contributed by atoms with E-state index in [1.807, 2.05) is 54.2 Å². The molecule has 0 aliphatic carbocycles. The van der Waals surface area contributed by atoms with E-state index in [1.54, 1.807) is 0 Å². The second kappa shape index (κ2) is 6.10. The number of hydrogen-bond acceptors (Lipinski definition) is 3. The van der Waals surface area contributed by atoms with Gasteiger partial charge in [-0.2, -0.15) is 0 Å². The second-order valence-corrected chi connectivity index (χ2v) is 7.75. The third-order valence-electron chi connectivity index (χ3n) is 4.88. The Morgan fingerprint density at radius 2 is 1.88 bits per heavy atom. The first-order valence-electron chi connectivity index (χ1n) is 8.22. The molecular weight excluding hydrogens is 340 g/mol. The van der Waals surface area contributed by atoms with Gasteiger partial charge in [-0.1, -0.05) is 41.9 Å². The van der Waals surface area contributed by atoms with Crippen LogP contribution in [0.5, 0.6) is 0 Å². The molecule has 2 atom stereocenters. The maximum atomic E-state index is 11.8. The van der Waals surface area contributed by atoms with Crippen LogP contribution in [0.4, 0.5) is 5.69 Å². The van der Waals surface area contributed by atoms with Gasteiger partial charge in [0.2, 0.25) is 0 Å². The standard InChI is InChI=1S/C19H20ClN2OS/c1-14-19(23,15-8-10-16(20)11-9-15)21-12-5-13-24-18(21)22(14)17-6-3-2-4-7-17/h2-4,6-11,14,23H,5,12-13H2,1H3/q+1/t14-,19-/m1/s1. The minimum absolute atomic E-state index is 0.0957. The molecule has 0 amide bonds. The molecular formula is C19H20ClN2OS+. The Bertz CT molecular complexity index is 778. The summed E-state index contributed by atoms with van der Waals surface area (Å²) in [7, 11) is 0. The van der Waals surface area contributed by atoms with Crippen molar-refractivity contribution in [1.82, 2.24) is 0 Å². The highest BCUT2D eigenvalue weighted by Crippen LogP contribution is 2.42. The van der Waals surface area contributed by atoms with E-state index in [2.05, 4.69) is 28.5 Å². The summed E-state index contributed by atoms with van der Waals surface area (Å²) in [5.74, 6) is 1.08. The zero-order chi connectivity index (χ0) is 16.7. The third-order valence-corrected chi connectivity index (χ3v) is 6.30. The highest BCUT2D eigenvalue weighted by atomic mass is 35.5. The van der Waals surface area contributed by atoms with Gasteiger partial charge in [0, 0.05) is 16.3 Å². The van der Waals surface area contributed by atoms with Crippen molar-refractivity contribution < 1.29 is 9.68 Å². The van der Waals surface area contributed by atoms with Crippen LogP contribution in [-0.2, 0) is 5.72 Å². The van der Waals surface area contributed by atoms with Gasteiger partial charge in [-0.15, -0.1) is 0 Å². The van der Waals surface area contributed by atoms with E-state index in [4.69, 9.17) is 11.6 Å². The summed E-state index contributed by atoms with van der Waals surface area (Å²) in [6.07, 6.45) is 1.07. The van der Waals surface area contributed by atoms with Crippen LogP contribution < -0.4 is 4.90 Å². The molecule has 0 bridgehead atoms. The molecule has 124 valence electrons. The summed E-state index contributed by atoms with van der Waals surface area (Å²) in [5, 5.41) is 13.6. The highest BCUT2D eigenvalue weighted by Gasteiger charge is 2.59. The molecule has 0 fully saturated rings. The largest absolute Gasteiger partial charge is 0.346 e. The van der Waals surface area contributed by atoms with Gasteiger partial charge < -0.3 is 5.11 Å². The first-order chi connectivity index (χ1) is 11.6. The summed E-state index contributed by atoms with van der Waals surface area (Å²) in [4.78, 5) is 2.26. The Morgan fingerprint density at radius 3 is 2.58 bits per heavy atom. The minimum Gasteiger partial charge on any atom is -0.346 e. The van der Waals surface area contributed by atoms with Crippen molar-refractivity contribution >= 4 is 34.2 Å². The second-order valence-electron chi connectivity index (χ2n) is 6.25. The molecule has 0 aromatic heterocycles. The van der Waals surface area contributed by atoms with Gasteiger partial charge >= 0.3 is 5.17 Å². The quantitative estimate of drug-likeness (QED) is 0.824. The van der Waals surface area contributed by atoms with Crippen molar-refractivity contribution in [2.75, 3.05) is 17.2 Å². The van der Waals surface area contributed by atoms with Gasteiger partial charge in [-0.25, -0.2) is 9.48 Å². The van der Waals surface area contributed by atoms with E-state index >= 15 is 0 Å². The summed E-state index contributed by atoms with van der Waals surface area (Å²) in [5.41, 5.74) is 0.950. The van der Waals surface area contributed by atoms with Crippen LogP contribution in [0.3, 0.4) is 0 Å². The number of hydrogen-bond donors (Lipinski definition) is 1. The molecule has 5 heteroatoms. The van der Waals surface area contributed by atoms with Gasteiger partial charge in [0.15, 0.2) is 6.04 Å². The van der Waals surface area contributed by atoms with Crippen molar-refractivity contribution in [1.29, 1.82) is 0 Å². The molecule has 0 radical (unpaired) electrons. The molecule has 0 saturated carbocycles. The van der Waals surface area contributed by atoms with Crippen LogP contribution in [0.25, 0.3) is 0 Å². The molecule has 0 saturated heterocycles. The monoisotopic (exact) mass is 359 g/mol. The fourth-order valence-corrected chi connectivity index (χ4v) is 5.03. The van der Waals surface area contributed by atoms with Crippen molar-refractivity contribution in [2.45, 2.75) is 25.1 Å². The number of aliphatic hydroxyl groups is 1. The van der Waals surface area contributed by atoms with E-state index in [9.17, 15) is 5.11 Å². The Morgan fingerprint density at radius 1 is 1.17 bits per heavy atom. The molecule has 2 heterocycles. The van der Waals surface area contributed by atoms with Gasteiger partial charge in [-0.3, -0.25) is 0 Å². The first kappa shape index (κ1) is 16.0.